The van der Waals surface area contributed by atoms with Gasteiger partial charge in [-0.25, -0.2) is 4.98 Å². The number of benzene rings is 1. The van der Waals surface area contributed by atoms with Gasteiger partial charge in [0.1, 0.15) is 10.7 Å². The van der Waals surface area contributed by atoms with Crippen molar-refractivity contribution in [1.82, 2.24) is 9.97 Å². The molecule has 0 amide bonds. The summed E-state index contributed by atoms with van der Waals surface area (Å²) in [5.41, 5.74) is 1.54. The Bertz CT molecular complexity index is 470. The molecule has 0 bridgehead atoms. The summed E-state index contributed by atoms with van der Waals surface area (Å²) in [6, 6.07) is 5.10. The molecule has 0 saturated heterocycles. The van der Waals surface area contributed by atoms with Crippen LogP contribution in [0.25, 0.3) is 11.0 Å². The van der Waals surface area contributed by atoms with Crippen molar-refractivity contribution in [2.24, 2.45) is 0 Å². The average molecular weight is 192 g/mol. The van der Waals surface area contributed by atoms with E-state index in [1.54, 1.807) is 24.5 Å². The average Bonchev–Trinajstić information content (AvgIpc) is 2.16. The molecule has 0 unspecified atom stereocenters. The highest BCUT2D eigenvalue weighted by Gasteiger charge is 2.02. The molecular weight excluding hydrogens is 188 g/mol. The summed E-state index contributed by atoms with van der Waals surface area (Å²) >= 11 is 5.64. The molecule has 13 heavy (non-hydrogen) atoms. The van der Waals surface area contributed by atoms with Gasteiger partial charge in [0, 0.05) is 0 Å². The Morgan fingerprint density at radius 1 is 1.38 bits per heavy atom. The van der Waals surface area contributed by atoms with Crippen LogP contribution in [0.5, 0.6) is 0 Å². The predicted molar refractivity (Wildman–Crippen MR) is 49.3 cm³/mol. The normalized spacial score (nSPS) is 10.2. The van der Waals surface area contributed by atoms with E-state index in [1.807, 2.05) is 0 Å². The van der Waals surface area contributed by atoms with Crippen molar-refractivity contribution in [3.8, 4) is 0 Å². The number of para-hydroxylation sites is 1. The van der Waals surface area contributed by atoms with Gasteiger partial charge >= 0.3 is 0 Å². The summed E-state index contributed by atoms with van der Waals surface area (Å²) in [5, 5.41) is 0.315. The fourth-order valence-electron chi connectivity index (χ4n) is 1.10. The van der Waals surface area contributed by atoms with E-state index in [0.29, 0.717) is 21.7 Å². The summed E-state index contributed by atoms with van der Waals surface area (Å²) in [6.45, 7) is 0. The molecule has 1 radical (unpaired) electrons. The summed E-state index contributed by atoms with van der Waals surface area (Å²) in [7, 11) is 0. The number of carbonyl (C=O) groups excluding carboxylic acids is 1. The molecule has 0 aliphatic heterocycles. The first-order valence-electron chi connectivity index (χ1n) is 3.60. The fraction of sp³-hybridized carbons (Fsp3) is 0. The van der Waals surface area contributed by atoms with Crippen LogP contribution in [-0.2, 0) is 4.79 Å². The van der Waals surface area contributed by atoms with E-state index in [0.717, 1.165) is 0 Å². The maximum Gasteiger partial charge on any atom is 0.235 e. The quantitative estimate of drug-likeness (QED) is 0.690. The summed E-state index contributed by atoms with van der Waals surface area (Å²) in [4.78, 5) is 18.5. The van der Waals surface area contributed by atoms with Crippen LogP contribution < -0.4 is 0 Å². The molecule has 1 heterocycles. The highest BCUT2D eigenvalue weighted by molar-refractivity contribution is 6.29. The van der Waals surface area contributed by atoms with E-state index < -0.39 is 0 Å². The van der Waals surface area contributed by atoms with Crippen molar-refractivity contribution in [2.75, 3.05) is 0 Å². The summed E-state index contributed by atoms with van der Waals surface area (Å²) < 4.78 is 0. The van der Waals surface area contributed by atoms with Crippen LogP contribution in [0, 0.1) is 0 Å². The molecule has 2 aromatic rings. The molecule has 0 aliphatic carbocycles. The van der Waals surface area contributed by atoms with Crippen LogP contribution in [0.4, 0.5) is 0 Å². The first-order valence-corrected chi connectivity index (χ1v) is 3.98. The molecule has 3 nitrogen and oxygen atoms in total. The lowest BCUT2D eigenvalue weighted by molar-refractivity contribution is 0.563. The van der Waals surface area contributed by atoms with E-state index in [-0.39, 0.29) is 0 Å². The van der Waals surface area contributed by atoms with Gasteiger partial charge in [0.25, 0.3) is 0 Å². The molecule has 2 rings (SSSR count). The monoisotopic (exact) mass is 191 g/mol. The second kappa shape index (κ2) is 3.11. The molecule has 4 heteroatoms. The standard InChI is InChI=1S/C9H4ClN2O/c10-8-4-11-9-6(5-13)2-1-3-7(9)12-8/h1-4H. The predicted octanol–water partition coefficient (Wildman–Crippen LogP) is 1.74. The molecule has 0 N–H and O–H groups in total. The smallest absolute Gasteiger partial charge is 0.235 e. The Hall–Kier alpha value is -1.48. The summed E-state index contributed by atoms with van der Waals surface area (Å²) in [5.74, 6) is 0. The molecule has 0 atom stereocenters. The zero-order chi connectivity index (χ0) is 9.26. The SMILES string of the molecule is O=[C]c1cccc2nc(Cl)cnc12. The second-order valence-corrected chi connectivity index (χ2v) is 2.86. The first kappa shape index (κ1) is 8.13. The Kier molecular flexibility index (Phi) is 1.94. The Morgan fingerprint density at radius 3 is 3.00 bits per heavy atom. The van der Waals surface area contributed by atoms with Gasteiger partial charge in [-0.2, -0.15) is 0 Å². The number of rotatable bonds is 1. The second-order valence-electron chi connectivity index (χ2n) is 2.47. The number of hydrogen-bond acceptors (Lipinski definition) is 3. The molecule has 0 fully saturated rings. The minimum absolute atomic E-state index is 0.315. The van der Waals surface area contributed by atoms with Gasteiger partial charge in [0.2, 0.25) is 6.29 Å². The van der Waals surface area contributed by atoms with Gasteiger partial charge in [0.05, 0.1) is 17.3 Å². The largest absolute Gasteiger partial charge is 0.285 e. The minimum atomic E-state index is 0.315. The zero-order valence-corrected chi connectivity index (χ0v) is 7.25. The molecule has 1 aromatic carbocycles. The Balaban J connectivity index is 2.84. The van der Waals surface area contributed by atoms with E-state index >= 15 is 0 Å². The number of aromatic nitrogens is 2. The third-order valence-corrected chi connectivity index (χ3v) is 1.83. The van der Waals surface area contributed by atoms with Crippen LogP contribution >= 0.6 is 11.6 Å². The van der Waals surface area contributed by atoms with Gasteiger partial charge in [-0.05, 0) is 12.1 Å². The number of fused-ring (bicyclic) bond motifs is 1. The maximum atomic E-state index is 10.5. The maximum absolute atomic E-state index is 10.5. The van der Waals surface area contributed by atoms with Gasteiger partial charge in [0.15, 0.2) is 0 Å². The van der Waals surface area contributed by atoms with E-state index in [1.165, 1.54) is 6.20 Å². The van der Waals surface area contributed by atoms with Crippen LogP contribution in [0.3, 0.4) is 0 Å². The Labute approximate surface area is 79.4 Å². The van der Waals surface area contributed by atoms with Crippen LogP contribution in [0.2, 0.25) is 5.15 Å². The Morgan fingerprint density at radius 2 is 2.23 bits per heavy atom. The lowest BCUT2D eigenvalue weighted by atomic mass is 10.2. The van der Waals surface area contributed by atoms with Crippen molar-refractivity contribution in [3.05, 3.63) is 35.1 Å². The van der Waals surface area contributed by atoms with Gasteiger partial charge in [-0.1, -0.05) is 17.7 Å². The van der Waals surface area contributed by atoms with Crippen molar-refractivity contribution in [1.29, 1.82) is 0 Å². The zero-order valence-electron chi connectivity index (χ0n) is 6.49. The van der Waals surface area contributed by atoms with Gasteiger partial charge < -0.3 is 0 Å². The molecule has 0 saturated carbocycles. The lowest BCUT2D eigenvalue weighted by Gasteiger charge is -1.97. The highest BCUT2D eigenvalue weighted by Crippen LogP contribution is 2.14. The highest BCUT2D eigenvalue weighted by atomic mass is 35.5. The molecule has 1 aromatic heterocycles. The number of halogens is 1. The van der Waals surface area contributed by atoms with Crippen LogP contribution in [0.1, 0.15) is 5.56 Å². The van der Waals surface area contributed by atoms with E-state index in [9.17, 15) is 4.79 Å². The molecule has 0 aliphatic rings. The molecular formula is C9H4ClN2O. The summed E-state index contributed by atoms with van der Waals surface area (Å²) in [6.07, 6.45) is 3.20. The van der Waals surface area contributed by atoms with Gasteiger partial charge in [-0.3, -0.25) is 9.78 Å². The van der Waals surface area contributed by atoms with Crippen molar-refractivity contribution in [3.63, 3.8) is 0 Å². The lowest BCUT2D eigenvalue weighted by Crippen LogP contribution is -1.89. The molecule has 63 valence electrons. The van der Waals surface area contributed by atoms with Crippen molar-refractivity contribution < 1.29 is 4.79 Å². The topological polar surface area (TPSA) is 42.9 Å². The van der Waals surface area contributed by atoms with Crippen LogP contribution in [-0.4, -0.2) is 16.3 Å². The molecule has 0 spiro atoms. The third-order valence-electron chi connectivity index (χ3n) is 1.65. The first-order chi connectivity index (χ1) is 6.31. The van der Waals surface area contributed by atoms with Crippen molar-refractivity contribution >= 4 is 28.9 Å². The fourth-order valence-corrected chi connectivity index (χ4v) is 1.24. The number of hydrogen-bond donors (Lipinski definition) is 0. The van der Waals surface area contributed by atoms with Crippen LogP contribution in [0.15, 0.2) is 24.4 Å². The number of nitrogens with zero attached hydrogens (tertiary/aromatic N) is 2. The van der Waals surface area contributed by atoms with E-state index in [4.69, 9.17) is 11.6 Å². The van der Waals surface area contributed by atoms with Gasteiger partial charge in [-0.15, -0.1) is 0 Å². The van der Waals surface area contributed by atoms with Crippen molar-refractivity contribution in [2.45, 2.75) is 0 Å². The van der Waals surface area contributed by atoms with E-state index in [2.05, 4.69) is 9.97 Å². The minimum Gasteiger partial charge on any atom is -0.285 e. The third kappa shape index (κ3) is 1.38.